The highest BCUT2D eigenvalue weighted by Gasteiger charge is 2.51. The van der Waals surface area contributed by atoms with Crippen molar-refractivity contribution in [2.75, 3.05) is 7.11 Å². The van der Waals surface area contributed by atoms with Crippen LogP contribution < -0.4 is 5.46 Å². The van der Waals surface area contributed by atoms with Crippen molar-refractivity contribution in [1.29, 1.82) is 0 Å². The maximum Gasteiger partial charge on any atom is 0.494 e. The van der Waals surface area contributed by atoms with Crippen LogP contribution in [0.25, 0.3) is 0 Å². The van der Waals surface area contributed by atoms with E-state index in [2.05, 4.69) is 13.8 Å². The summed E-state index contributed by atoms with van der Waals surface area (Å²) >= 11 is 1.63. The Morgan fingerprint density at radius 3 is 2.22 bits per heavy atom. The van der Waals surface area contributed by atoms with Gasteiger partial charge >= 0.3 is 13.1 Å². The molecule has 0 amide bonds. The third-order valence-corrected chi connectivity index (χ3v) is 5.36. The van der Waals surface area contributed by atoms with Crippen molar-refractivity contribution in [3.63, 3.8) is 0 Å². The van der Waals surface area contributed by atoms with Gasteiger partial charge in [0, 0.05) is 10.1 Å². The zero-order valence-electron chi connectivity index (χ0n) is 14.9. The SMILES string of the molecule is COC(=O)c1ccc(B2OC(C)(C)C(C)(C)O2)cc1SC(C)C. The molecule has 0 saturated carbocycles. The zero-order valence-corrected chi connectivity index (χ0v) is 15.7. The number of carbonyl (C=O) groups excluding carboxylic acids is 1. The number of esters is 1. The lowest BCUT2D eigenvalue weighted by Crippen LogP contribution is -2.41. The fourth-order valence-corrected chi connectivity index (χ4v) is 3.29. The van der Waals surface area contributed by atoms with Gasteiger partial charge < -0.3 is 14.0 Å². The highest BCUT2D eigenvalue weighted by atomic mass is 32.2. The molecule has 1 aliphatic rings. The summed E-state index contributed by atoms with van der Waals surface area (Å²) in [6, 6.07) is 5.63. The first-order valence-corrected chi connectivity index (χ1v) is 8.70. The molecule has 0 unspecified atom stereocenters. The molecular weight excluding hydrogens is 311 g/mol. The third kappa shape index (κ3) is 3.75. The lowest BCUT2D eigenvalue weighted by atomic mass is 9.79. The van der Waals surface area contributed by atoms with E-state index in [1.165, 1.54) is 7.11 Å². The maximum atomic E-state index is 12.0. The molecule has 0 N–H and O–H groups in total. The van der Waals surface area contributed by atoms with E-state index < -0.39 is 7.12 Å². The molecule has 1 aliphatic heterocycles. The van der Waals surface area contributed by atoms with Gasteiger partial charge in [-0.1, -0.05) is 19.9 Å². The smallest absolute Gasteiger partial charge is 0.465 e. The molecule has 126 valence electrons. The number of ether oxygens (including phenoxy) is 1. The van der Waals surface area contributed by atoms with Crippen molar-refractivity contribution in [1.82, 2.24) is 0 Å². The van der Waals surface area contributed by atoms with Gasteiger partial charge in [0.2, 0.25) is 0 Å². The summed E-state index contributed by atoms with van der Waals surface area (Å²) in [5, 5.41) is 0.354. The molecule has 4 nitrogen and oxygen atoms in total. The first-order chi connectivity index (χ1) is 10.6. The summed E-state index contributed by atoms with van der Waals surface area (Å²) < 4.78 is 17.1. The second kappa shape index (κ2) is 6.50. The molecular formula is C17H25BO4S. The summed E-state index contributed by atoms with van der Waals surface area (Å²) in [7, 11) is 0.965. The van der Waals surface area contributed by atoms with E-state index in [1.807, 2.05) is 39.8 Å². The van der Waals surface area contributed by atoms with Gasteiger partial charge in [0.15, 0.2) is 0 Å². The van der Waals surface area contributed by atoms with Crippen LogP contribution in [0.15, 0.2) is 23.1 Å². The topological polar surface area (TPSA) is 44.8 Å². The molecule has 1 saturated heterocycles. The maximum absolute atomic E-state index is 12.0. The molecule has 1 aromatic carbocycles. The number of benzene rings is 1. The molecule has 6 heteroatoms. The summed E-state index contributed by atoms with van der Waals surface area (Å²) in [5.41, 5.74) is 0.722. The molecule has 0 aromatic heterocycles. The minimum Gasteiger partial charge on any atom is -0.465 e. The largest absolute Gasteiger partial charge is 0.494 e. The van der Waals surface area contributed by atoms with Crippen LogP contribution >= 0.6 is 11.8 Å². The molecule has 2 rings (SSSR count). The first kappa shape index (κ1) is 18.4. The van der Waals surface area contributed by atoms with Crippen LogP contribution in [0, 0.1) is 0 Å². The molecule has 0 atom stereocenters. The van der Waals surface area contributed by atoms with Crippen molar-refractivity contribution in [3.05, 3.63) is 23.8 Å². The van der Waals surface area contributed by atoms with Crippen LogP contribution in [0.4, 0.5) is 0 Å². The molecule has 0 aliphatic carbocycles. The highest BCUT2D eigenvalue weighted by molar-refractivity contribution is 8.00. The Kier molecular flexibility index (Phi) is 5.19. The van der Waals surface area contributed by atoms with E-state index >= 15 is 0 Å². The summed E-state index contributed by atoms with van der Waals surface area (Å²) in [6.07, 6.45) is 0. The minimum absolute atomic E-state index is 0.325. The van der Waals surface area contributed by atoms with Crippen LogP contribution in [-0.2, 0) is 14.0 Å². The van der Waals surface area contributed by atoms with Gasteiger partial charge in [0.25, 0.3) is 0 Å². The predicted octanol–water partition coefficient (Wildman–Crippen LogP) is 3.27. The van der Waals surface area contributed by atoms with E-state index in [4.69, 9.17) is 14.0 Å². The lowest BCUT2D eigenvalue weighted by Gasteiger charge is -2.32. The molecule has 23 heavy (non-hydrogen) atoms. The van der Waals surface area contributed by atoms with Crippen molar-refractivity contribution in [2.45, 2.75) is 62.9 Å². The fourth-order valence-electron chi connectivity index (χ4n) is 2.29. The van der Waals surface area contributed by atoms with Crippen LogP contribution in [-0.4, -0.2) is 36.6 Å². The van der Waals surface area contributed by atoms with E-state index in [0.29, 0.717) is 10.8 Å². The third-order valence-electron chi connectivity index (χ3n) is 4.30. The van der Waals surface area contributed by atoms with Crippen molar-refractivity contribution in [2.24, 2.45) is 0 Å². The molecule has 1 heterocycles. The summed E-state index contributed by atoms with van der Waals surface area (Å²) in [5.74, 6) is -0.325. The van der Waals surface area contributed by atoms with E-state index in [-0.39, 0.29) is 17.2 Å². The second-order valence-corrected chi connectivity index (χ2v) is 8.62. The van der Waals surface area contributed by atoms with Gasteiger partial charge in [0.05, 0.1) is 23.9 Å². The van der Waals surface area contributed by atoms with Crippen LogP contribution in [0.3, 0.4) is 0 Å². The number of hydrogen-bond acceptors (Lipinski definition) is 5. The Bertz CT molecular complexity index is 582. The highest BCUT2D eigenvalue weighted by Crippen LogP contribution is 2.37. The zero-order chi connectivity index (χ0) is 17.4. The average Bonchev–Trinajstić information content (AvgIpc) is 2.66. The molecule has 0 bridgehead atoms. The number of methoxy groups -OCH3 is 1. The van der Waals surface area contributed by atoms with Gasteiger partial charge in [-0.25, -0.2) is 4.79 Å². The van der Waals surface area contributed by atoms with Gasteiger partial charge in [-0.3, -0.25) is 0 Å². The predicted molar refractivity (Wildman–Crippen MR) is 94.5 cm³/mol. The first-order valence-electron chi connectivity index (χ1n) is 7.82. The number of thioether (sulfide) groups is 1. The lowest BCUT2D eigenvalue weighted by molar-refractivity contribution is 0.00578. The van der Waals surface area contributed by atoms with E-state index in [9.17, 15) is 4.79 Å². The van der Waals surface area contributed by atoms with Gasteiger partial charge in [-0.05, 0) is 45.3 Å². The molecule has 1 aromatic rings. The standard InChI is InChI=1S/C17H25BO4S/c1-11(2)23-14-10-12(8-9-13(14)15(19)20-7)18-21-16(3,4)17(5,6)22-18/h8-11H,1-7H3. The van der Waals surface area contributed by atoms with Crippen molar-refractivity contribution >= 4 is 30.3 Å². The Morgan fingerprint density at radius 2 is 1.74 bits per heavy atom. The molecule has 0 radical (unpaired) electrons. The van der Waals surface area contributed by atoms with Crippen LogP contribution in [0.2, 0.25) is 0 Å². The fraction of sp³-hybridized carbons (Fsp3) is 0.588. The number of hydrogen-bond donors (Lipinski definition) is 0. The van der Waals surface area contributed by atoms with Crippen molar-refractivity contribution in [3.8, 4) is 0 Å². The molecule has 0 spiro atoms. The molecule has 1 fully saturated rings. The minimum atomic E-state index is -0.432. The number of carbonyl (C=O) groups is 1. The Balaban J connectivity index is 2.36. The Hall–Kier alpha value is -0.975. The van der Waals surface area contributed by atoms with E-state index in [1.54, 1.807) is 17.8 Å². The van der Waals surface area contributed by atoms with Crippen LogP contribution in [0.1, 0.15) is 51.9 Å². The van der Waals surface area contributed by atoms with Gasteiger partial charge in [-0.2, -0.15) is 0 Å². The second-order valence-electron chi connectivity index (χ2n) is 7.00. The van der Waals surface area contributed by atoms with Crippen LogP contribution in [0.5, 0.6) is 0 Å². The quantitative estimate of drug-likeness (QED) is 0.480. The Labute approximate surface area is 143 Å². The summed E-state index contributed by atoms with van der Waals surface area (Å²) in [6.45, 7) is 12.3. The van der Waals surface area contributed by atoms with Gasteiger partial charge in [-0.15, -0.1) is 11.8 Å². The Morgan fingerprint density at radius 1 is 1.17 bits per heavy atom. The van der Waals surface area contributed by atoms with E-state index in [0.717, 1.165) is 10.4 Å². The number of rotatable bonds is 4. The monoisotopic (exact) mass is 336 g/mol. The van der Waals surface area contributed by atoms with Crippen molar-refractivity contribution < 1.29 is 18.8 Å². The normalized spacial score (nSPS) is 19.2. The summed E-state index contributed by atoms with van der Waals surface area (Å²) in [4.78, 5) is 12.8. The average molecular weight is 336 g/mol. The van der Waals surface area contributed by atoms with Gasteiger partial charge in [0.1, 0.15) is 0 Å².